The average molecular weight is 246 g/mol. The smallest absolute Gasteiger partial charge is 0.123 e. The summed E-state index contributed by atoms with van der Waals surface area (Å²) >= 11 is 0. The van der Waals surface area contributed by atoms with Crippen molar-refractivity contribution in [2.45, 2.75) is 19.5 Å². The summed E-state index contributed by atoms with van der Waals surface area (Å²) in [5.41, 5.74) is 1.60. The molecule has 0 spiro atoms. The molecule has 0 fully saturated rings. The number of pyridine rings is 1. The largest absolute Gasteiger partial charge is 0.508 e. The summed E-state index contributed by atoms with van der Waals surface area (Å²) < 4.78 is 13.0. The van der Waals surface area contributed by atoms with Crippen molar-refractivity contribution in [3.8, 4) is 5.75 Å². The number of aromatic nitrogens is 1. The van der Waals surface area contributed by atoms with Crippen LogP contribution in [0.4, 0.5) is 4.39 Å². The number of aromatic hydroxyl groups is 1. The van der Waals surface area contributed by atoms with Gasteiger partial charge in [-0.2, -0.15) is 0 Å². The van der Waals surface area contributed by atoms with E-state index >= 15 is 0 Å². The van der Waals surface area contributed by atoms with Crippen LogP contribution in [-0.4, -0.2) is 10.1 Å². The molecule has 94 valence electrons. The second-order valence-corrected chi connectivity index (χ2v) is 4.16. The molecule has 1 aromatic heterocycles. The van der Waals surface area contributed by atoms with Gasteiger partial charge in [-0.25, -0.2) is 4.39 Å². The summed E-state index contributed by atoms with van der Waals surface area (Å²) in [5.74, 6) is -0.249. The predicted molar refractivity (Wildman–Crippen MR) is 67.6 cm³/mol. The molecular weight excluding hydrogens is 231 g/mol. The maximum atomic E-state index is 13.0. The highest BCUT2D eigenvalue weighted by Crippen LogP contribution is 2.19. The molecule has 1 aromatic carbocycles. The van der Waals surface area contributed by atoms with Gasteiger partial charge in [-0.05, 0) is 36.8 Å². The normalized spacial score (nSPS) is 12.3. The molecule has 0 radical (unpaired) electrons. The van der Waals surface area contributed by atoms with Gasteiger partial charge in [0.1, 0.15) is 11.6 Å². The summed E-state index contributed by atoms with van der Waals surface area (Å²) in [4.78, 5) is 4.04. The van der Waals surface area contributed by atoms with Gasteiger partial charge >= 0.3 is 0 Å². The summed E-state index contributed by atoms with van der Waals surface area (Å²) in [6, 6.07) is 7.85. The molecule has 4 heteroatoms. The van der Waals surface area contributed by atoms with E-state index in [2.05, 4.69) is 10.3 Å². The predicted octanol–water partition coefficient (Wildman–Crippen LogP) is 2.78. The summed E-state index contributed by atoms with van der Waals surface area (Å²) in [6.07, 6.45) is 3.50. The fraction of sp³-hybridized carbons (Fsp3) is 0.214. The molecule has 0 saturated carbocycles. The molecule has 0 amide bonds. The van der Waals surface area contributed by atoms with E-state index in [-0.39, 0.29) is 17.6 Å². The molecule has 3 nitrogen and oxygen atoms in total. The zero-order valence-electron chi connectivity index (χ0n) is 10.1. The minimum Gasteiger partial charge on any atom is -0.508 e. The summed E-state index contributed by atoms with van der Waals surface area (Å²) in [7, 11) is 0. The van der Waals surface area contributed by atoms with E-state index < -0.39 is 0 Å². The van der Waals surface area contributed by atoms with Gasteiger partial charge in [-0.15, -0.1) is 0 Å². The Morgan fingerprint density at radius 1 is 1.39 bits per heavy atom. The number of halogens is 1. The van der Waals surface area contributed by atoms with E-state index in [1.54, 1.807) is 12.4 Å². The Hall–Kier alpha value is -1.94. The highest BCUT2D eigenvalue weighted by molar-refractivity contribution is 5.32. The van der Waals surface area contributed by atoms with Crippen LogP contribution in [0.3, 0.4) is 0 Å². The number of hydrogen-bond donors (Lipinski definition) is 2. The third-order valence-corrected chi connectivity index (χ3v) is 2.82. The van der Waals surface area contributed by atoms with Crippen molar-refractivity contribution in [2.24, 2.45) is 0 Å². The van der Waals surface area contributed by atoms with Crippen molar-refractivity contribution in [1.29, 1.82) is 0 Å². The van der Waals surface area contributed by atoms with Crippen LogP contribution in [0.5, 0.6) is 5.75 Å². The first-order valence-electron chi connectivity index (χ1n) is 5.77. The number of phenols is 1. The summed E-state index contributed by atoms with van der Waals surface area (Å²) in [6.45, 7) is 2.40. The lowest BCUT2D eigenvalue weighted by Crippen LogP contribution is -2.18. The topological polar surface area (TPSA) is 45.1 Å². The van der Waals surface area contributed by atoms with Gasteiger partial charge in [-0.1, -0.05) is 6.07 Å². The van der Waals surface area contributed by atoms with E-state index in [4.69, 9.17) is 0 Å². The maximum absolute atomic E-state index is 13.0. The van der Waals surface area contributed by atoms with Gasteiger partial charge in [0.15, 0.2) is 0 Å². The van der Waals surface area contributed by atoms with Gasteiger partial charge in [0.25, 0.3) is 0 Å². The third-order valence-electron chi connectivity index (χ3n) is 2.82. The first kappa shape index (κ1) is 12.5. The molecule has 2 N–H and O–H groups in total. The van der Waals surface area contributed by atoms with E-state index in [0.717, 1.165) is 5.56 Å². The zero-order chi connectivity index (χ0) is 13.0. The number of hydrogen-bond acceptors (Lipinski definition) is 3. The van der Waals surface area contributed by atoms with Crippen LogP contribution < -0.4 is 5.32 Å². The third kappa shape index (κ3) is 3.05. The molecule has 0 saturated heterocycles. The lowest BCUT2D eigenvalue weighted by molar-refractivity contribution is 0.457. The Morgan fingerprint density at radius 2 is 2.22 bits per heavy atom. The summed E-state index contributed by atoms with van der Waals surface area (Å²) in [5, 5.41) is 12.8. The van der Waals surface area contributed by atoms with Crippen molar-refractivity contribution < 1.29 is 9.50 Å². The molecule has 1 atom stereocenters. The second-order valence-electron chi connectivity index (χ2n) is 4.16. The molecule has 2 rings (SSSR count). The van der Waals surface area contributed by atoms with E-state index in [1.807, 2.05) is 19.1 Å². The van der Waals surface area contributed by atoms with Crippen LogP contribution >= 0.6 is 0 Å². The van der Waals surface area contributed by atoms with Crippen LogP contribution in [0.2, 0.25) is 0 Å². The van der Waals surface area contributed by atoms with Crippen LogP contribution in [-0.2, 0) is 6.54 Å². The quantitative estimate of drug-likeness (QED) is 0.872. The van der Waals surface area contributed by atoms with E-state index in [9.17, 15) is 9.50 Å². The molecule has 0 bridgehead atoms. The highest BCUT2D eigenvalue weighted by atomic mass is 19.1. The van der Waals surface area contributed by atoms with E-state index in [0.29, 0.717) is 12.1 Å². The first-order valence-corrected chi connectivity index (χ1v) is 5.77. The Balaban J connectivity index is 2.01. The standard InChI is InChI=1S/C14H15FN2O/c1-10(11-3-2-6-16-8-11)17-9-12-7-13(15)4-5-14(12)18/h2-8,10,17-18H,9H2,1H3. The second kappa shape index (κ2) is 5.60. The van der Waals surface area contributed by atoms with Crippen LogP contribution in [0.1, 0.15) is 24.1 Å². The number of nitrogens with one attached hydrogen (secondary N) is 1. The van der Waals surface area contributed by atoms with Gasteiger partial charge in [-0.3, -0.25) is 4.98 Å². The minimum atomic E-state index is -0.348. The lowest BCUT2D eigenvalue weighted by Gasteiger charge is -2.14. The highest BCUT2D eigenvalue weighted by Gasteiger charge is 2.07. The molecule has 18 heavy (non-hydrogen) atoms. The van der Waals surface area contributed by atoms with Gasteiger partial charge in [0, 0.05) is 30.5 Å². The number of nitrogens with zero attached hydrogens (tertiary/aromatic N) is 1. The fourth-order valence-electron chi connectivity index (χ4n) is 1.71. The number of rotatable bonds is 4. The number of benzene rings is 1. The lowest BCUT2D eigenvalue weighted by atomic mass is 10.1. The SMILES string of the molecule is CC(NCc1cc(F)ccc1O)c1cccnc1. The van der Waals surface area contributed by atoms with Gasteiger partial charge < -0.3 is 10.4 Å². The van der Waals surface area contributed by atoms with Crippen LogP contribution in [0, 0.1) is 5.82 Å². The number of phenolic OH excluding ortho intramolecular Hbond substituents is 1. The molecule has 1 heterocycles. The van der Waals surface area contributed by atoms with Crippen molar-refractivity contribution in [3.05, 3.63) is 59.7 Å². The monoisotopic (exact) mass is 246 g/mol. The van der Waals surface area contributed by atoms with Crippen molar-refractivity contribution in [3.63, 3.8) is 0 Å². The average Bonchev–Trinajstić information content (AvgIpc) is 2.40. The Bertz CT molecular complexity index is 516. The molecule has 2 aromatic rings. The Morgan fingerprint density at radius 3 is 2.94 bits per heavy atom. The van der Waals surface area contributed by atoms with Gasteiger partial charge in [0.2, 0.25) is 0 Å². The maximum Gasteiger partial charge on any atom is 0.123 e. The van der Waals surface area contributed by atoms with Crippen LogP contribution in [0.15, 0.2) is 42.7 Å². The molecule has 0 aliphatic carbocycles. The Labute approximate surface area is 105 Å². The van der Waals surface area contributed by atoms with E-state index in [1.165, 1.54) is 18.2 Å². The van der Waals surface area contributed by atoms with Crippen molar-refractivity contribution >= 4 is 0 Å². The molecule has 0 aliphatic rings. The Kier molecular flexibility index (Phi) is 3.89. The first-order chi connectivity index (χ1) is 8.66. The van der Waals surface area contributed by atoms with Crippen molar-refractivity contribution in [2.75, 3.05) is 0 Å². The molecule has 1 unspecified atom stereocenters. The van der Waals surface area contributed by atoms with Crippen molar-refractivity contribution in [1.82, 2.24) is 10.3 Å². The molecule has 0 aliphatic heterocycles. The zero-order valence-corrected chi connectivity index (χ0v) is 10.1. The van der Waals surface area contributed by atoms with Gasteiger partial charge in [0.05, 0.1) is 0 Å². The van der Waals surface area contributed by atoms with Crippen LogP contribution in [0.25, 0.3) is 0 Å². The molecular formula is C14H15FN2O. The fourth-order valence-corrected chi connectivity index (χ4v) is 1.71. The minimum absolute atomic E-state index is 0.0846.